The van der Waals surface area contributed by atoms with Crippen molar-refractivity contribution in [3.63, 3.8) is 0 Å². The average Bonchev–Trinajstić information content (AvgIpc) is 3.56. The van der Waals surface area contributed by atoms with Crippen LogP contribution in [0.15, 0.2) is 0 Å². The largest absolute Gasteiger partial charge is 0.380 e. The van der Waals surface area contributed by atoms with Crippen molar-refractivity contribution in [3.8, 4) is 0 Å². The summed E-state index contributed by atoms with van der Waals surface area (Å²) >= 11 is 14.6. The molecule has 5 N–H and O–H groups in total. The summed E-state index contributed by atoms with van der Waals surface area (Å²) < 4.78 is 5.80. The van der Waals surface area contributed by atoms with E-state index in [0.29, 0.717) is 38.8 Å². The number of piperidine rings is 2. The highest BCUT2D eigenvalue weighted by Gasteiger charge is 2.49. The summed E-state index contributed by atoms with van der Waals surface area (Å²) in [5, 5.41) is 15.6. The summed E-state index contributed by atoms with van der Waals surface area (Å²) in [7, 11) is 1.75. The zero-order chi connectivity index (χ0) is 26.3. The van der Waals surface area contributed by atoms with Crippen LogP contribution in [-0.4, -0.2) is 114 Å². The number of thioether (sulfide) groups is 1. The molecule has 0 bridgehead atoms. The Morgan fingerprint density at radius 2 is 1.92 bits per heavy atom. The second kappa shape index (κ2) is 12.0. The normalized spacial score (nSPS) is 44.7. The van der Waals surface area contributed by atoms with Gasteiger partial charge in [-0.05, 0) is 31.6 Å². The fourth-order valence-electron chi connectivity index (χ4n) is 6.84. The number of halogens is 2. The van der Waals surface area contributed by atoms with Gasteiger partial charge in [0.25, 0.3) is 0 Å². The minimum absolute atomic E-state index is 0.0498. The monoisotopic (exact) mass is 577 g/mol. The first kappa shape index (κ1) is 28.2. The van der Waals surface area contributed by atoms with Gasteiger partial charge in [-0.25, -0.2) is 5.01 Å². The van der Waals surface area contributed by atoms with Gasteiger partial charge in [-0.1, -0.05) is 6.92 Å². The van der Waals surface area contributed by atoms with Crippen molar-refractivity contribution in [1.82, 2.24) is 36.6 Å². The lowest BCUT2D eigenvalue weighted by Gasteiger charge is -2.45. The zero-order valence-electron chi connectivity index (χ0n) is 21.8. The number of carbonyl (C=O) groups is 2. The Bertz CT molecular complexity index is 832. The van der Waals surface area contributed by atoms with Gasteiger partial charge in [0.2, 0.25) is 11.8 Å². The summed E-state index contributed by atoms with van der Waals surface area (Å²) in [6.07, 6.45) is 1.76. The number of nitrogens with one attached hydrogen (secondary N) is 5. The predicted octanol–water partition coefficient (Wildman–Crippen LogP) is -0.0783. The predicted molar refractivity (Wildman–Crippen MR) is 146 cm³/mol. The Labute approximate surface area is 234 Å². The fraction of sp³-hybridized carbons (Fsp3) is 0.917. The summed E-state index contributed by atoms with van der Waals surface area (Å²) in [5.41, 5.74) is 2.97. The molecule has 11 unspecified atom stereocenters. The minimum atomic E-state index is -0.331. The summed E-state index contributed by atoms with van der Waals surface area (Å²) in [4.78, 5) is 28.7. The van der Waals surface area contributed by atoms with Crippen molar-refractivity contribution in [1.29, 1.82) is 0 Å². The van der Waals surface area contributed by atoms with E-state index >= 15 is 0 Å². The van der Waals surface area contributed by atoms with Gasteiger partial charge in [-0.3, -0.25) is 25.6 Å². The number of fused-ring (bicyclic) bond motifs is 1. The Morgan fingerprint density at radius 1 is 1.11 bits per heavy atom. The second-order valence-electron chi connectivity index (χ2n) is 11.1. The maximum absolute atomic E-state index is 13.6. The molecule has 37 heavy (non-hydrogen) atoms. The van der Waals surface area contributed by atoms with Crippen LogP contribution in [-0.2, 0) is 14.3 Å². The maximum atomic E-state index is 13.6. The number of hydrogen-bond acceptors (Lipinski definition) is 9. The average molecular weight is 579 g/mol. The van der Waals surface area contributed by atoms with Gasteiger partial charge in [0.1, 0.15) is 11.5 Å². The van der Waals surface area contributed by atoms with E-state index in [2.05, 4.69) is 33.6 Å². The van der Waals surface area contributed by atoms with Crippen LogP contribution in [0.5, 0.6) is 0 Å². The molecule has 10 nitrogen and oxygen atoms in total. The lowest BCUT2D eigenvalue weighted by molar-refractivity contribution is -0.135. The molecule has 210 valence electrons. The first-order valence-corrected chi connectivity index (χ1v) is 15.4. The first-order valence-electron chi connectivity index (χ1n) is 13.6. The highest BCUT2D eigenvalue weighted by atomic mass is 35.5. The van der Waals surface area contributed by atoms with Crippen LogP contribution >= 0.6 is 35.0 Å². The third kappa shape index (κ3) is 5.90. The number of hydrogen-bond donors (Lipinski definition) is 5. The van der Waals surface area contributed by atoms with Crippen molar-refractivity contribution in [2.75, 3.05) is 46.4 Å². The van der Waals surface area contributed by atoms with Crippen LogP contribution in [0.2, 0.25) is 0 Å². The van der Waals surface area contributed by atoms with Crippen LogP contribution in [0, 0.1) is 17.8 Å². The molecular formula is C24H41Cl2N7O3S. The van der Waals surface area contributed by atoms with Crippen molar-refractivity contribution in [2.24, 2.45) is 17.8 Å². The van der Waals surface area contributed by atoms with Crippen LogP contribution < -0.4 is 26.7 Å². The van der Waals surface area contributed by atoms with Gasteiger partial charge in [0.05, 0.1) is 22.9 Å². The molecule has 0 saturated carbocycles. The first-order chi connectivity index (χ1) is 17.8. The van der Waals surface area contributed by atoms with Gasteiger partial charge in [-0.15, -0.1) is 35.0 Å². The molecule has 0 aromatic heterocycles. The van der Waals surface area contributed by atoms with Crippen molar-refractivity contribution >= 4 is 46.8 Å². The number of hydrazine groups is 1. The molecular weight excluding hydrogens is 537 g/mol. The lowest BCUT2D eigenvalue weighted by Crippen LogP contribution is -2.57. The number of likely N-dealkylation sites (tertiary alicyclic amines) is 1. The third-order valence-electron chi connectivity index (χ3n) is 8.80. The van der Waals surface area contributed by atoms with Crippen LogP contribution in [0.25, 0.3) is 0 Å². The summed E-state index contributed by atoms with van der Waals surface area (Å²) in [6, 6.07) is 0.169. The van der Waals surface area contributed by atoms with Gasteiger partial charge in [-0.2, -0.15) is 0 Å². The minimum Gasteiger partial charge on any atom is -0.380 e. The number of ether oxygens (including phenoxy) is 1. The van der Waals surface area contributed by atoms with E-state index in [1.54, 1.807) is 18.9 Å². The molecule has 0 aromatic rings. The number of likely N-dealkylation sites (N-methyl/N-ethyl adjacent to an activating group) is 1. The number of alkyl halides is 2. The second-order valence-corrected chi connectivity index (χ2v) is 13.5. The number of methoxy groups -OCH3 is 1. The Hall–Kier alpha value is -0.370. The quantitative estimate of drug-likeness (QED) is 0.219. The maximum Gasteiger partial charge on any atom is 0.243 e. The number of rotatable bonds is 6. The number of carbonyl (C=O) groups excluding carboxylic acids is 2. The molecule has 5 saturated heterocycles. The standard InChI is InChI=1S/C24H41Cl2N7O3S/c1-4-33-21(16(25)8-29-33)23(35)32-10-17-19(11-32)37-24(30-17)31-22(34)15-7-27-12(2)5-13(15)14-6-20(26)28-9-18(14)36-3/h12-21,24,27-30H,4-11H2,1-3H3,(H,31,34). The molecule has 2 amide bonds. The molecule has 0 aromatic carbocycles. The number of nitrogens with zero attached hydrogens (tertiary/aromatic N) is 2. The van der Waals surface area contributed by atoms with E-state index in [1.165, 1.54) is 0 Å². The molecule has 5 aliphatic rings. The Morgan fingerprint density at radius 3 is 2.65 bits per heavy atom. The smallest absolute Gasteiger partial charge is 0.243 e. The highest BCUT2D eigenvalue weighted by molar-refractivity contribution is 8.00. The van der Waals surface area contributed by atoms with Gasteiger partial charge >= 0.3 is 0 Å². The highest BCUT2D eigenvalue weighted by Crippen LogP contribution is 2.38. The van der Waals surface area contributed by atoms with Gasteiger partial charge < -0.3 is 20.3 Å². The fourth-order valence-corrected chi connectivity index (χ4v) is 8.85. The topological polar surface area (TPSA) is 110 Å². The summed E-state index contributed by atoms with van der Waals surface area (Å²) in [5.74, 6) is 0.450. The molecule has 5 aliphatic heterocycles. The summed E-state index contributed by atoms with van der Waals surface area (Å²) in [6.45, 7) is 8.19. The molecule has 0 spiro atoms. The molecule has 0 aliphatic carbocycles. The van der Waals surface area contributed by atoms with E-state index in [1.807, 2.05) is 16.8 Å². The van der Waals surface area contributed by atoms with Crippen LogP contribution in [0.4, 0.5) is 0 Å². The van der Waals surface area contributed by atoms with Gasteiger partial charge in [0, 0.05) is 63.7 Å². The SMILES string of the molecule is CCN1NCC(Cl)C1C(=O)N1CC2NC(NC(=O)C3CNC(C)CC3C3CC(Cl)NCC3OC)SC2C1. The van der Waals surface area contributed by atoms with Gasteiger partial charge in [0.15, 0.2) is 0 Å². The molecule has 5 heterocycles. The van der Waals surface area contributed by atoms with E-state index < -0.39 is 0 Å². The molecule has 11 atom stereocenters. The van der Waals surface area contributed by atoms with E-state index in [9.17, 15) is 9.59 Å². The van der Waals surface area contributed by atoms with Crippen LogP contribution in [0.1, 0.15) is 26.7 Å². The van der Waals surface area contributed by atoms with Crippen molar-refractivity contribution in [3.05, 3.63) is 0 Å². The molecule has 13 heteroatoms. The van der Waals surface area contributed by atoms with Crippen LogP contribution in [0.3, 0.4) is 0 Å². The molecule has 0 radical (unpaired) electrons. The molecule has 5 fully saturated rings. The molecule has 5 rings (SSSR count). The Balaban J connectivity index is 1.17. The van der Waals surface area contributed by atoms with E-state index in [0.717, 1.165) is 19.4 Å². The third-order valence-corrected chi connectivity index (χ3v) is 10.9. The van der Waals surface area contributed by atoms with E-state index in [-0.39, 0.29) is 69.4 Å². The van der Waals surface area contributed by atoms with Crippen molar-refractivity contribution in [2.45, 2.75) is 72.5 Å². The lowest BCUT2D eigenvalue weighted by atomic mass is 9.70. The van der Waals surface area contributed by atoms with E-state index in [4.69, 9.17) is 27.9 Å². The zero-order valence-corrected chi connectivity index (χ0v) is 24.1. The Kier molecular flexibility index (Phi) is 9.15. The number of amides is 2. The van der Waals surface area contributed by atoms with Crippen molar-refractivity contribution < 1.29 is 14.3 Å².